The Bertz CT molecular complexity index is 772. The second-order valence-corrected chi connectivity index (χ2v) is 7.68. The highest BCUT2D eigenvalue weighted by Crippen LogP contribution is 2.43. The van der Waals surface area contributed by atoms with Gasteiger partial charge in [-0.1, -0.05) is 48.5 Å². The minimum absolute atomic E-state index is 0.0130. The maximum absolute atomic E-state index is 13.0. The van der Waals surface area contributed by atoms with Gasteiger partial charge in [0, 0.05) is 11.4 Å². The molecule has 2 aliphatic heterocycles. The van der Waals surface area contributed by atoms with Crippen molar-refractivity contribution >= 4 is 29.3 Å². The molecule has 0 bridgehead atoms. The predicted molar refractivity (Wildman–Crippen MR) is 94.7 cm³/mol. The van der Waals surface area contributed by atoms with Crippen LogP contribution in [0.3, 0.4) is 0 Å². The quantitative estimate of drug-likeness (QED) is 0.833. The molecule has 2 unspecified atom stereocenters. The summed E-state index contributed by atoms with van der Waals surface area (Å²) >= 11 is 7.99. The molecule has 0 aliphatic carbocycles. The van der Waals surface area contributed by atoms with Gasteiger partial charge in [0.25, 0.3) is 5.91 Å². The van der Waals surface area contributed by atoms with E-state index in [1.54, 1.807) is 0 Å². The normalized spacial score (nSPS) is 22.1. The van der Waals surface area contributed by atoms with Crippen LogP contribution >= 0.6 is 23.4 Å². The fraction of sp³-hybridized carbons (Fsp3) is 0.471. The van der Waals surface area contributed by atoms with E-state index in [0.717, 1.165) is 48.8 Å². The molecule has 2 aromatic rings. The first kappa shape index (κ1) is 16.1. The number of benzene rings is 1. The smallest absolute Gasteiger partial charge is 0.264 e. The van der Waals surface area contributed by atoms with Crippen LogP contribution in [0.2, 0.25) is 5.02 Å². The van der Waals surface area contributed by atoms with E-state index in [4.69, 9.17) is 11.6 Å². The van der Waals surface area contributed by atoms with Crippen molar-refractivity contribution in [3.05, 3.63) is 40.7 Å². The maximum Gasteiger partial charge on any atom is 0.264 e. The lowest BCUT2D eigenvalue weighted by molar-refractivity contribution is 0.0847. The third kappa shape index (κ3) is 2.66. The van der Waals surface area contributed by atoms with Gasteiger partial charge < -0.3 is 0 Å². The van der Waals surface area contributed by atoms with Gasteiger partial charge in [-0.2, -0.15) is 4.68 Å². The van der Waals surface area contributed by atoms with Gasteiger partial charge in [0.15, 0.2) is 11.0 Å². The van der Waals surface area contributed by atoms with Crippen LogP contribution < -0.4 is 0 Å². The van der Waals surface area contributed by atoms with E-state index >= 15 is 0 Å². The Kier molecular flexibility index (Phi) is 4.37. The molecule has 4 rings (SSSR count). The number of aryl methyl sites for hydroxylation is 1. The van der Waals surface area contributed by atoms with Crippen LogP contribution in [0.4, 0.5) is 0 Å². The largest absolute Gasteiger partial charge is 0.295 e. The zero-order valence-electron chi connectivity index (χ0n) is 13.5. The number of nitrogens with zero attached hydrogens (tertiary/aromatic N) is 4. The third-order valence-electron chi connectivity index (χ3n) is 4.67. The first-order valence-corrected chi connectivity index (χ1v) is 9.60. The Morgan fingerprint density at radius 1 is 1.33 bits per heavy atom. The maximum atomic E-state index is 13.0. The fourth-order valence-corrected chi connectivity index (χ4v) is 4.99. The van der Waals surface area contributed by atoms with Crippen LogP contribution in [-0.2, 0) is 6.42 Å². The number of halogens is 1. The van der Waals surface area contributed by atoms with Crippen molar-refractivity contribution in [2.45, 2.75) is 42.6 Å². The molecule has 0 N–H and O–H groups in total. The number of hydrogen-bond acceptors (Lipinski definition) is 5. The number of hydrogen-bond donors (Lipinski definition) is 0. The summed E-state index contributed by atoms with van der Waals surface area (Å²) in [7, 11) is 0. The van der Waals surface area contributed by atoms with E-state index < -0.39 is 0 Å². The van der Waals surface area contributed by atoms with E-state index in [0.29, 0.717) is 5.16 Å². The van der Waals surface area contributed by atoms with Gasteiger partial charge in [-0.25, -0.2) is 4.98 Å². The third-order valence-corrected chi connectivity index (χ3v) is 6.20. The summed E-state index contributed by atoms with van der Waals surface area (Å²) in [5.74, 6) is 0.735. The lowest BCUT2D eigenvalue weighted by Crippen LogP contribution is -2.37. The van der Waals surface area contributed by atoms with Crippen LogP contribution in [0.1, 0.15) is 42.0 Å². The molecule has 0 spiro atoms. The van der Waals surface area contributed by atoms with Gasteiger partial charge >= 0.3 is 0 Å². The van der Waals surface area contributed by atoms with Gasteiger partial charge in [-0.05, 0) is 37.6 Å². The molecule has 1 fully saturated rings. The highest BCUT2D eigenvalue weighted by molar-refractivity contribution is 8.00. The highest BCUT2D eigenvalue weighted by atomic mass is 35.5. The number of aromatic nitrogens is 3. The summed E-state index contributed by atoms with van der Waals surface area (Å²) < 4.78 is 1.48. The molecule has 1 saturated heterocycles. The van der Waals surface area contributed by atoms with E-state index in [2.05, 4.69) is 15.0 Å². The average molecular weight is 363 g/mol. The topological polar surface area (TPSA) is 51.0 Å². The zero-order valence-corrected chi connectivity index (χ0v) is 15.1. The lowest BCUT2D eigenvalue weighted by Gasteiger charge is -2.31. The van der Waals surface area contributed by atoms with Crippen molar-refractivity contribution in [2.24, 2.45) is 0 Å². The Balaban J connectivity index is 1.71. The molecule has 1 aromatic carbocycles. The molecule has 24 heavy (non-hydrogen) atoms. The van der Waals surface area contributed by atoms with Gasteiger partial charge in [0.05, 0.1) is 6.04 Å². The highest BCUT2D eigenvalue weighted by Gasteiger charge is 2.44. The standard InChI is InChI=1S/C17H19ClN4OS/c1-2-13-19-17-22(20-13)16(23)15(24-17)14(21-9-5-6-10-21)11-7-3-4-8-12(11)18/h3-4,7-8,14-15H,2,5-6,9-10H2,1H3. The summed E-state index contributed by atoms with van der Waals surface area (Å²) in [6.45, 7) is 3.99. The molecule has 0 radical (unpaired) electrons. The lowest BCUT2D eigenvalue weighted by atomic mass is 10.0. The van der Waals surface area contributed by atoms with Gasteiger partial charge in [0.2, 0.25) is 0 Å². The first-order valence-electron chi connectivity index (χ1n) is 8.34. The molecule has 1 aromatic heterocycles. The van der Waals surface area contributed by atoms with Crippen molar-refractivity contribution in [1.82, 2.24) is 19.7 Å². The van der Waals surface area contributed by atoms with Crippen molar-refractivity contribution in [3.8, 4) is 0 Å². The monoisotopic (exact) mass is 362 g/mol. The number of rotatable bonds is 4. The molecular weight excluding hydrogens is 344 g/mol. The number of carbonyl (C=O) groups excluding carboxylic acids is 1. The number of carbonyl (C=O) groups is 1. The molecule has 0 saturated carbocycles. The summed E-state index contributed by atoms with van der Waals surface area (Å²) in [6, 6.07) is 7.81. The Morgan fingerprint density at radius 3 is 2.75 bits per heavy atom. The Morgan fingerprint density at radius 2 is 2.08 bits per heavy atom. The molecule has 2 atom stereocenters. The van der Waals surface area contributed by atoms with Crippen LogP contribution in [0.25, 0.3) is 0 Å². The van der Waals surface area contributed by atoms with Gasteiger partial charge in [-0.3, -0.25) is 9.69 Å². The fourth-order valence-electron chi connectivity index (χ4n) is 3.48. The predicted octanol–water partition coefficient (Wildman–Crippen LogP) is 3.45. The molecular formula is C17H19ClN4OS. The van der Waals surface area contributed by atoms with Crippen molar-refractivity contribution < 1.29 is 4.79 Å². The van der Waals surface area contributed by atoms with Crippen molar-refractivity contribution in [2.75, 3.05) is 13.1 Å². The van der Waals surface area contributed by atoms with Crippen molar-refractivity contribution in [3.63, 3.8) is 0 Å². The first-order chi connectivity index (χ1) is 11.7. The van der Waals surface area contributed by atoms with Gasteiger partial charge in [0.1, 0.15) is 5.25 Å². The minimum atomic E-state index is -0.246. The summed E-state index contributed by atoms with van der Waals surface area (Å²) in [4.78, 5) is 19.8. The van der Waals surface area contributed by atoms with Crippen LogP contribution in [0.5, 0.6) is 0 Å². The van der Waals surface area contributed by atoms with Crippen molar-refractivity contribution in [1.29, 1.82) is 0 Å². The second-order valence-electron chi connectivity index (χ2n) is 6.16. The SMILES string of the molecule is CCc1nc2n(n1)C(=O)C(C(c1ccccc1Cl)N1CCCC1)S2. The molecule has 7 heteroatoms. The van der Waals surface area contributed by atoms with E-state index in [1.165, 1.54) is 16.4 Å². The molecule has 126 valence electrons. The number of thioether (sulfide) groups is 1. The second kappa shape index (κ2) is 6.50. The molecule has 3 heterocycles. The minimum Gasteiger partial charge on any atom is -0.295 e. The molecule has 2 aliphatic rings. The Labute approximate surface area is 150 Å². The van der Waals surface area contributed by atoms with E-state index in [-0.39, 0.29) is 17.2 Å². The molecule has 5 nitrogen and oxygen atoms in total. The summed E-state index contributed by atoms with van der Waals surface area (Å²) in [5, 5.41) is 5.53. The number of fused-ring (bicyclic) bond motifs is 1. The zero-order chi connectivity index (χ0) is 16.7. The van der Waals surface area contributed by atoms with Crippen LogP contribution in [0.15, 0.2) is 29.4 Å². The average Bonchev–Trinajstić information content (AvgIpc) is 3.29. The van der Waals surface area contributed by atoms with Crippen LogP contribution in [-0.4, -0.2) is 43.9 Å². The summed E-state index contributed by atoms with van der Waals surface area (Å²) in [6.07, 6.45) is 3.06. The Hall–Kier alpha value is -1.37. The summed E-state index contributed by atoms with van der Waals surface area (Å²) in [5.41, 5.74) is 1.02. The number of likely N-dealkylation sites (tertiary alicyclic amines) is 1. The molecule has 0 amide bonds. The van der Waals surface area contributed by atoms with E-state index in [9.17, 15) is 4.79 Å². The van der Waals surface area contributed by atoms with Crippen LogP contribution in [0, 0.1) is 0 Å². The van der Waals surface area contributed by atoms with Gasteiger partial charge in [-0.15, -0.1) is 5.10 Å². The van der Waals surface area contributed by atoms with E-state index in [1.807, 2.05) is 31.2 Å².